The van der Waals surface area contributed by atoms with Crippen LogP contribution in [0, 0.1) is 0 Å². The Morgan fingerprint density at radius 3 is 2.63 bits per heavy atom. The van der Waals surface area contributed by atoms with E-state index in [9.17, 15) is 0 Å². The van der Waals surface area contributed by atoms with Crippen LogP contribution in [0.1, 0.15) is 32.8 Å². The lowest BCUT2D eigenvalue weighted by molar-refractivity contribution is -0.0705. The van der Waals surface area contributed by atoms with Gasteiger partial charge in [-0.25, -0.2) is 4.98 Å². The SMILES string of the molecule is CCCNc1ccc(CN2CC(C)OC(C)C2)cn1. The van der Waals surface area contributed by atoms with Crippen molar-refractivity contribution < 1.29 is 4.74 Å². The molecular weight excluding hydrogens is 238 g/mol. The van der Waals surface area contributed by atoms with Gasteiger partial charge < -0.3 is 10.1 Å². The molecule has 2 unspecified atom stereocenters. The minimum Gasteiger partial charge on any atom is -0.373 e. The van der Waals surface area contributed by atoms with E-state index in [1.165, 1.54) is 5.56 Å². The number of morpholine rings is 1. The zero-order chi connectivity index (χ0) is 13.7. The van der Waals surface area contributed by atoms with E-state index in [4.69, 9.17) is 4.74 Å². The Bertz CT molecular complexity index is 369. The van der Waals surface area contributed by atoms with Gasteiger partial charge in [-0.15, -0.1) is 0 Å². The highest BCUT2D eigenvalue weighted by Gasteiger charge is 2.21. The summed E-state index contributed by atoms with van der Waals surface area (Å²) in [5.41, 5.74) is 1.27. The van der Waals surface area contributed by atoms with Crippen LogP contribution in [-0.4, -0.2) is 41.7 Å². The minimum atomic E-state index is 0.321. The fraction of sp³-hybridized carbons (Fsp3) is 0.667. The van der Waals surface area contributed by atoms with E-state index in [1.54, 1.807) is 0 Å². The zero-order valence-electron chi connectivity index (χ0n) is 12.2. The van der Waals surface area contributed by atoms with Gasteiger partial charge in [0.2, 0.25) is 0 Å². The number of nitrogens with zero attached hydrogens (tertiary/aromatic N) is 2. The number of nitrogens with one attached hydrogen (secondary N) is 1. The number of aromatic nitrogens is 1. The van der Waals surface area contributed by atoms with Crippen molar-refractivity contribution in [2.24, 2.45) is 0 Å². The van der Waals surface area contributed by atoms with E-state index >= 15 is 0 Å². The van der Waals surface area contributed by atoms with E-state index in [-0.39, 0.29) is 0 Å². The molecule has 1 aliphatic heterocycles. The Hall–Kier alpha value is -1.13. The molecule has 4 nitrogen and oxygen atoms in total. The molecule has 1 aliphatic rings. The monoisotopic (exact) mass is 263 g/mol. The molecule has 0 saturated carbocycles. The first-order chi connectivity index (χ1) is 9.17. The van der Waals surface area contributed by atoms with Crippen molar-refractivity contribution in [3.63, 3.8) is 0 Å². The van der Waals surface area contributed by atoms with E-state index in [0.29, 0.717) is 12.2 Å². The summed E-state index contributed by atoms with van der Waals surface area (Å²) in [6.45, 7) is 10.4. The van der Waals surface area contributed by atoms with Crippen molar-refractivity contribution in [2.45, 2.75) is 45.9 Å². The first kappa shape index (κ1) is 14.3. The van der Waals surface area contributed by atoms with Crippen LogP contribution in [0.3, 0.4) is 0 Å². The van der Waals surface area contributed by atoms with Crippen molar-refractivity contribution in [1.82, 2.24) is 9.88 Å². The molecule has 0 amide bonds. The summed E-state index contributed by atoms with van der Waals surface area (Å²) < 4.78 is 5.75. The quantitative estimate of drug-likeness (QED) is 0.885. The van der Waals surface area contributed by atoms with Gasteiger partial charge in [-0.2, -0.15) is 0 Å². The topological polar surface area (TPSA) is 37.4 Å². The normalized spacial score (nSPS) is 24.4. The smallest absolute Gasteiger partial charge is 0.125 e. The van der Waals surface area contributed by atoms with Crippen LogP contribution >= 0.6 is 0 Å². The molecule has 0 aliphatic carbocycles. The average Bonchev–Trinajstić information content (AvgIpc) is 2.37. The number of pyridine rings is 1. The number of hydrogen-bond acceptors (Lipinski definition) is 4. The van der Waals surface area contributed by atoms with Crippen LogP contribution in [0.5, 0.6) is 0 Å². The summed E-state index contributed by atoms with van der Waals surface area (Å²) in [6.07, 6.45) is 3.74. The fourth-order valence-corrected chi connectivity index (χ4v) is 2.55. The van der Waals surface area contributed by atoms with Crippen LogP contribution in [0.15, 0.2) is 18.3 Å². The molecule has 0 spiro atoms. The molecule has 19 heavy (non-hydrogen) atoms. The third-order valence-corrected chi connectivity index (χ3v) is 3.28. The lowest BCUT2D eigenvalue weighted by Crippen LogP contribution is -2.44. The fourth-order valence-electron chi connectivity index (χ4n) is 2.55. The van der Waals surface area contributed by atoms with Crippen LogP contribution in [-0.2, 0) is 11.3 Å². The lowest BCUT2D eigenvalue weighted by Gasteiger charge is -2.35. The predicted molar refractivity (Wildman–Crippen MR) is 78.3 cm³/mol. The van der Waals surface area contributed by atoms with Gasteiger partial charge in [0.15, 0.2) is 0 Å². The molecule has 1 aromatic heterocycles. The van der Waals surface area contributed by atoms with Crippen molar-refractivity contribution >= 4 is 5.82 Å². The molecule has 0 radical (unpaired) electrons. The molecule has 1 saturated heterocycles. The second-order valence-corrected chi connectivity index (χ2v) is 5.43. The first-order valence-electron chi connectivity index (χ1n) is 7.24. The van der Waals surface area contributed by atoms with Gasteiger partial charge in [-0.05, 0) is 31.9 Å². The van der Waals surface area contributed by atoms with Gasteiger partial charge in [-0.1, -0.05) is 13.0 Å². The molecule has 2 atom stereocenters. The summed E-state index contributed by atoms with van der Waals surface area (Å²) in [6, 6.07) is 4.23. The zero-order valence-corrected chi connectivity index (χ0v) is 12.2. The molecule has 0 bridgehead atoms. The van der Waals surface area contributed by atoms with Crippen molar-refractivity contribution in [1.29, 1.82) is 0 Å². The second kappa shape index (κ2) is 6.87. The average molecular weight is 263 g/mol. The number of hydrogen-bond donors (Lipinski definition) is 1. The van der Waals surface area contributed by atoms with E-state index in [2.05, 4.69) is 48.1 Å². The van der Waals surface area contributed by atoms with Gasteiger partial charge in [0, 0.05) is 32.4 Å². The number of rotatable bonds is 5. The standard InChI is InChI=1S/C15H25N3O/c1-4-7-16-15-6-5-14(8-17-15)11-18-9-12(2)19-13(3)10-18/h5-6,8,12-13H,4,7,9-11H2,1-3H3,(H,16,17). The Morgan fingerprint density at radius 2 is 2.05 bits per heavy atom. The van der Waals surface area contributed by atoms with Gasteiger partial charge >= 0.3 is 0 Å². The molecule has 1 aromatic rings. The van der Waals surface area contributed by atoms with Crippen molar-refractivity contribution in [2.75, 3.05) is 25.0 Å². The second-order valence-electron chi connectivity index (χ2n) is 5.43. The van der Waals surface area contributed by atoms with Crippen LogP contribution in [0.2, 0.25) is 0 Å². The van der Waals surface area contributed by atoms with Crippen molar-refractivity contribution in [3.8, 4) is 0 Å². The molecule has 1 N–H and O–H groups in total. The third kappa shape index (κ3) is 4.48. The van der Waals surface area contributed by atoms with Crippen LogP contribution in [0.4, 0.5) is 5.82 Å². The highest BCUT2D eigenvalue weighted by molar-refractivity contribution is 5.35. The molecule has 4 heteroatoms. The van der Waals surface area contributed by atoms with E-state index in [0.717, 1.165) is 38.4 Å². The maximum Gasteiger partial charge on any atom is 0.125 e. The minimum absolute atomic E-state index is 0.321. The molecule has 106 valence electrons. The van der Waals surface area contributed by atoms with E-state index in [1.807, 2.05) is 6.20 Å². The largest absolute Gasteiger partial charge is 0.373 e. The van der Waals surface area contributed by atoms with E-state index < -0.39 is 0 Å². The van der Waals surface area contributed by atoms with Gasteiger partial charge in [0.05, 0.1) is 12.2 Å². The Balaban J connectivity index is 1.88. The Morgan fingerprint density at radius 1 is 1.32 bits per heavy atom. The molecule has 0 aromatic carbocycles. The van der Waals surface area contributed by atoms with Crippen molar-refractivity contribution in [3.05, 3.63) is 23.9 Å². The summed E-state index contributed by atoms with van der Waals surface area (Å²) in [4.78, 5) is 6.89. The maximum absolute atomic E-state index is 5.75. The molecular formula is C15H25N3O. The summed E-state index contributed by atoms with van der Waals surface area (Å²) >= 11 is 0. The lowest BCUT2D eigenvalue weighted by atomic mass is 10.2. The van der Waals surface area contributed by atoms with Gasteiger partial charge in [-0.3, -0.25) is 4.90 Å². The highest BCUT2D eigenvalue weighted by atomic mass is 16.5. The predicted octanol–water partition coefficient (Wildman–Crippen LogP) is 2.51. The third-order valence-electron chi connectivity index (χ3n) is 3.28. The first-order valence-corrected chi connectivity index (χ1v) is 7.24. The number of anilines is 1. The molecule has 1 fully saturated rings. The molecule has 2 rings (SSSR count). The maximum atomic E-state index is 5.75. The Kier molecular flexibility index (Phi) is 5.16. The molecule has 2 heterocycles. The Labute approximate surface area is 116 Å². The summed E-state index contributed by atoms with van der Waals surface area (Å²) in [5, 5.41) is 3.29. The highest BCUT2D eigenvalue weighted by Crippen LogP contribution is 2.14. The van der Waals surface area contributed by atoms with Gasteiger partial charge in [0.25, 0.3) is 0 Å². The summed E-state index contributed by atoms with van der Waals surface area (Å²) in [5.74, 6) is 0.967. The summed E-state index contributed by atoms with van der Waals surface area (Å²) in [7, 11) is 0. The number of ether oxygens (including phenoxy) is 1. The van der Waals surface area contributed by atoms with Crippen LogP contribution < -0.4 is 5.32 Å². The van der Waals surface area contributed by atoms with Crippen LogP contribution in [0.25, 0.3) is 0 Å². The van der Waals surface area contributed by atoms with Gasteiger partial charge in [0.1, 0.15) is 5.82 Å².